The Morgan fingerprint density at radius 1 is 1.03 bits per heavy atom. The van der Waals surface area contributed by atoms with Gasteiger partial charge in [-0.15, -0.1) is 0 Å². The summed E-state index contributed by atoms with van der Waals surface area (Å²) in [6, 6.07) is 16.3. The fourth-order valence-corrected chi connectivity index (χ4v) is 6.01. The van der Waals surface area contributed by atoms with Gasteiger partial charge in [0.05, 0.1) is 10.6 Å². The molecular formula is C25H24ClN3O3S. The number of sulfone groups is 1. The average molecular weight is 482 g/mol. The monoisotopic (exact) mass is 481 g/mol. The Kier molecular flexibility index (Phi) is 5.85. The van der Waals surface area contributed by atoms with Gasteiger partial charge >= 0.3 is 0 Å². The predicted octanol–water partition coefficient (Wildman–Crippen LogP) is 4.71. The molecule has 0 bridgehead atoms. The SMILES string of the molecule is O=C(CCS(=O)(=O)c1ccc2cc(Cl)ccc2c1)N1CCC(c2cnc3ccccn23)CC1. The molecule has 33 heavy (non-hydrogen) atoms. The van der Waals surface area contributed by atoms with E-state index in [1.807, 2.05) is 30.6 Å². The van der Waals surface area contributed by atoms with Crippen molar-refractivity contribution in [2.45, 2.75) is 30.1 Å². The van der Waals surface area contributed by atoms with Crippen LogP contribution in [0.15, 0.2) is 71.9 Å². The van der Waals surface area contributed by atoms with Crippen molar-refractivity contribution in [1.29, 1.82) is 0 Å². The number of carbonyl (C=O) groups is 1. The second-order valence-corrected chi connectivity index (χ2v) is 11.0. The van der Waals surface area contributed by atoms with Gasteiger partial charge < -0.3 is 9.30 Å². The minimum atomic E-state index is -3.56. The van der Waals surface area contributed by atoms with Crippen LogP contribution in [0.1, 0.15) is 30.9 Å². The van der Waals surface area contributed by atoms with Gasteiger partial charge in [-0.05, 0) is 60.0 Å². The van der Waals surface area contributed by atoms with Gasteiger partial charge in [-0.2, -0.15) is 0 Å². The van der Waals surface area contributed by atoms with Crippen LogP contribution >= 0.6 is 11.6 Å². The van der Waals surface area contributed by atoms with E-state index in [2.05, 4.69) is 9.38 Å². The predicted molar refractivity (Wildman–Crippen MR) is 129 cm³/mol. The maximum absolute atomic E-state index is 12.9. The molecule has 2 aromatic carbocycles. The number of benzene rings is 2. The molecule has 170 valence electrons. The van der Waals surface area contributed by atoms with Gasteiger partial charge in [-0.25, -0.2) is 13.4 Å². The van der Waals surface area contributed by atoms with Crippen LogP contribution in [0, 0.1) is 0 Å². The van der Waals surface area contributed by atoms with Crippen LogP contribution in [0.2, 0.25) is 5.02 Å². The fourth-order valence-electron chi connectivity index (χ4n) is 4.56. The third kappa shape index (κ3) is 4.48. The molecule has 0 saturated carbocycles. The normalized spacial score (nSPS) is 15.4. The number of aromatic nitrogens is 2. The summed E-state index contributed by atoms with van der Waals surface area (Å²) in [5.41, 5.74) is 2.09. The Bertz CT molecular complexity index is 1440. The number of imidazole rings is 1. The number of nitrogens with zero attached hydrogens (tertiary/aromatic N) is 3. The quantitative estimate of drug-likeness (QED) is 0.414. The molecule has 0 spiro atoms. The summed E-state index contributed by atoms with van der Waals surface area (Å²) in [6.07, 6.45) is 5.60. The van der Waals surface area contributed by atoms with E-state index >= 15 is 0 Å². The molecule has 0 atom stereocenters. The zero-order valence-electron chi connectivity index (χ0n) is 18.0. The van der Waals surface area contributed by atoms with Crippen LogP contribution in [0.3, 0.4) is 0 Å². The van der Waals surface area contributed by atoms with Gasteiger partial charge in [-0.3, -0.25) is 4.79 Å². The summed E-state index contributed by atoms with van der Waals surface area (Å²) in [5, 5.41) is 2.29. The summed E-state index contributed by atoms with van der Waals surface area (Å²) in [4.78, 5) is 19.2. The molecule has 0 radical (unpaired) electrons. The Morgan fingerprint density at radius 3 is 2.61 bits per heavy atom. The lowest BCUT2D eigenvalue weighted by Crippen LogP contribution is -2.38. The van der Waals surface area contributed by atoms with Crippen molar-refractivity contribution in [3.05, 3.63) is 77.7 Å². The summed E-state index contributed by atoms with van der Waals surface area (Å²) in [6.45, 7) is 1.25. The zero-order valence-corrected chi connectivity index (χ0v) is 19.6. The Balaban J connectivity index is 1.20. The molecule has 1 aliphatic rings. The molecule has 5 rings (SSSR count). The first-order valence-electron chi connectivity index (χ1n) is 11.0. The van der Waals surface area contributed by atoms with Gasteiger partial charge in [0.25, 0.3) is 0 Å². The van der Waals surface area contributed by atoms with E-state index in [1.165, 1.54) is 0 Å². The van der Waals surface area contributed by atoms with Gasteiger partial charge in [0, 0.05) is 48.5 Å². The van der Waals surface area contributed by atoms with Gasteiger partial charge in [0.15, 0.2) is 9.84 Å². The van der Waals surface area contributed by atoms with Crippen LogP contribution in [0.4, 0.5) is 0 Å². The molecule has 3 heterocycles. The Morgan fingerprint density at radius 2 is 1.79 bits per heavy atom. The summed E-state index contributed by atoms with van der Waals surface area (Å²) >= 11 is 6.01. The maximum Gasteiger partial charge on any atom is 0.223 e. The van der Waals surface area contributed by atoms with E-state index < -0.39 is 9.84 Å². The van der Waals surface area contributed by atoms with E-state index in [0.29, 0.717) is 24.0 Å². The van der Waals surface area contributed by atoms with E-state index in [4.69, 9.17) is 11.6 Å². The van der Waals surface area contributed by atoms with Crippen LogP contribution in [-0.2, 0) is 14.6 Å². The summed E-state index contributed by atoms with van der Waals surface area (Å²) in [5.74, 6) is 0.0296. The van der Waals surface area contributed by atoms with Crippen molar-refractivity contribution in [2.75, 3.05) is 18.8 Å². The molecule has 0 N–H and O–H groups in total. The molecule has 4 aromatic rings. The second kappa shape index (κ2) is 8.80. The smallest absolute Gasteiger partial charge is 0.223 e. The molecule has 1 amide bonds. The highest BCUT2D eigenvalue weighted by atomic mass is 35.5. The number of rotatable bonds is 5. The Hall–Kier alpha value is -2.90. The highest BCUT2D eigenvalue weighted by molar-refractivity contribution is 7.91. The molecule has 6 nitrogen and oxygen atoms in total. The number of pyridine rings is 1. The fraction of sp³-hybridized carbons (Fsp3) is 0.280. The number of fused-ring (bicyclic) bond motifs is 2. The number of amides is 1. The van der Waals surface area contributed by atoms with Crippen molar-refractivity contribution in [2.24, 2.45) is 0 Å². The van der Waals surface area contributed by atoms with Crippen molar-refractivity contribution in [1.82, 2.24) is 14.3 Å². The van der Waals surface area contributed by atoms with E-state index in [-0.39, 0.29) is 23.0 Å². The molecule has 1 saturated heterocycles. The third-order valence-corrected chi connectivity index (χ3v) is 8.38. The van der Waals surface area contributed by atoms with E-state index in [1.54, 1.807) is 41.3 Å². The number of piperidine rings is 1. The number of likely N-dealkylation sites (tertiary alicyclic amines) is 1. The van der Waals surface area contributed by atoms with Crippen LogP contribution in [0.5, 0.6) is 0 Å². The Labute approximate surface area is 197 Å². The topological polar surface area (TPSA) is 71.8 Å². The van der Waals surface area contributed by atoms with E-state index in [9.17, 15) is 13.2 Å². The zero-order chi connectivity index (χ0) is 23.0. The van der Waals surface area contributed by atoms with Gasteiger partial charge in [-0.1, -0.05) is 29.8 Å². The summed E-state index contributed by atoms with van der Waals surface area (Å²) in [7, 11) is -3.56. The van der Waals surface area contributed by atoms with Gasteiger partial charge in [0.1, 0.15) is 5.65 Å². The largest absolute Gasteiger partial charge is 0.343 e. The first-order chi connectivity index (χ1) is 15.9. The van der Waals surface area contributed by atoms with Crippen LogP contribution < -0.4 is 0 Å². The number of hydrogen-bond donors (Lipinski definition) is 0. The average Bonchev–Trinajstić information content (AvgIpc) is 3.26. The molecule has 8 heteroatoms. The number of halogens is 1. The standard InChI is InChI=1S/C25H24ClN3O3S/c26-21-6-4-20-16-22(7-5-19(20)15-21)33(31,32)14-10-25(30)28-12-8-18(9-13-28)23-17-27-24-3-1-2-11-29(23)24/h1-7,11,15-18H,8-10,12-14H2. The third-order valence-electron chi connectivity index (χ3n) is 6.43. The first kappa shape index (κ1) is 21.9. The van der Waals surface area contributed by atoms with Crippen molar-refractivity contribution >= 4 is 43.8 Å². The highest BCUT2D eigenvalue weighted by Gasteiger charge is 2.27. The molecule has 1 fully saturated rings. The summed E-state index contributed by atoms with van der Waals surface area (Å²) < 4.78 is 27.8. The van der Waals surface area contributed by atoms with Crippen LogP contribution in [0.25, 0.3) is 16.4 Å². The molecule has 2 aromatic heterocycles. The molecule has 0 unspecified atom stereocenters. The number of hydrogen-bond acceptors (Lipinski definition) is 4. The lowest BCUT2D eigenvalue weighted by Gasteiger charge is -2.32. The highest BCUT2D eigenvalue weighted by Crippen LogP contribution is 2.29. The molecule has 1 aliphatic heterocycles. The van der Waals surface area contributed by atoms with Crippen molar-refractivity contribution in [3.8, 4) is 0 Å². The van der Waals surface area contributed by atoms with Gasteiger partial charge in [0.2, 0.25) is 5.91 Å². The number of carbonyl (C=O) groups excluding carboxylic acids is 1. The van der Waals surface area contributed by atoms with Crippen molar-refractivity contribution in [3.63, 3.8) is 0 Å². The van der Waals surface area contributed by atoms with Crippen LogP contribution in [-0.4, -0.2) is 47.5 Å². The van der Waals surface area contributed by atoms with Crippen molar-refractivity contribution < 1.29 is 13.2 Å². The minimum absolute atomic E-state index is 0.0126. The molecular weight excluding hydrogens is 458 g/mol. The van der Waals surface area contributed by atoms with E-state index in [0.717, 1.165) is 35.0 Å². The second-order valence-electron chi connectivity index (χ2n) is 8.49. The molecule has 0 aliphatic carbocycles. The maximum atomic E-state index is 12.9. The first-order valence-corrected chi connectivity index (χ1v) is 13.1. The lowest BCUT2D eigenvalue weighted by atomic mass is 9.93. The lowest BCUT2D eigenvalue weighted by molar-refractivity contribution is -0.131. The minimum Gasteiger partial charge on any atom is -0.343 e.